The zero-order valence-electron chi connectivity index (χ0n) is 19.4. The highest BCUT2D eigenvalue weighted by Crippen LogP contribution is 2.30. The molecule has 0 aliphatic carbocycles. The highest BCUT2D eigenvalue weighted by atomic mass is 35.5. The van der Waals surface area contributed by atoms with E-state index in [0.717, 1.165) is 16.4 Å². The number of anilines is 1. The Labute approximate surface area is 218 Å². The van der Waals surface area contributed by atoms with Crippen LogP contribution >= 0.6 is 23.2 Å². The molecular weight excluding hydrogens is 531 g/mol. The number of fused-ring (bicyclic) bond motifs is 1. The zero-order valence-corrected chi connectivity index (χ0v) is 20.9. The number of nitrogens with zero attached hydrogens (tertiary/aromatic N) is 7. The van der Waals surface area contributed by atoms with Crippen molar-refractivity contribution < 1.29 is 18.4 Å². The van der Waals surface area contributed by atoms with E-state index in [1.807, 2.05) is 0 Å². The Kier molecular flexibility index (Phi) is 6.33. The van der Waals surface area contributed by atoms with Gasteiger partial charge in [0.15, 0.2) is 23.7 Å². The third kappa shape index (κ3) is 4.87. The predicted octanol–water partition coefficient (Wildman–Crippen LogP) is 3.83. The number of benzene rings is 2. The topological polar surface area (TPSA) is 113 Å². The average Bonchev–Trinajstić information content (AvgIpc) is 3.41. The van der Waals surface area contributed by atoms with E-state index in [2.05, 4.69) is 25.8 Å². The van der Waals surface area contributed by atoms with Gasteiger partial charge in [-0.1, -0.05) is 23.2 Å². The first-order valence-corrected chi connectivity index (χ1v) is 11.6. The summed E-state index contributed by atoms with van der Waals surface area (Å²) in [7, 11) is 3.41. The van der Waals surface area contributed by atoms with Gasteiger partial charge in [0.25, 0.3) is 0 Å². The number of rotatable bonds is 6. The summed E-state index contributed by atoms with van der Waals surface area (Å²) in [5.74, 6) is -2.13. The third-order valence-corrected chi connectivity index (χ3v) is 6.22. The smallest absolute Gasteiger partial charge is 0.331 e. The van der Waals surface area contributed by atoms with Gasteiger partial charge >= 0.3 is 12.1 Å². The Morgan fingerprint density at radius 3 is 2.51 bits per heavy atom. The second-order valence-corrected chi connectivity index (χ2v) is 9.21. The standard InChI is InChI=1S/C22H19Cl2F2N9O2/c1-32-8-12-5-17(13(23)6-16(12)30-32)28-20-29-21(36)35(9-18-27-10-33(2)31-18)22(37)34(20)7-11-3-14(24)19(26)15(25)4-11/h3-6,8,10,20,28H,7,9H2,1-2H3,(H,29,36). The highest BCUT2D eigenvalue weighted by molar-refractivity contribution is 6.34. The molecular formula is C22H19Cl2F2N9O2. The van der Waals surface area contributed by atoms with Crippen molar-refractivity contribution in [1.82, 2.24) is 39.7 Å². The Bertz CT molecular complexity index is 1520. The maximum Gasteiger partial charge on any atom is 0.331 e. The summed E-state index contributed by atoms with van der Waals surface area (Å²) >= 11 is 12.3. The molecule has 0 bridgehead atoms. The predicted molar refractivity (Wildman–Crippen MR) is 131 cm³/mol. The van der Waals surface area contributed by atoms with Crippen molar-refractivity contribution in [3.05, 3.63) is 69.9 Å². The SMILES string of the molecule is Cn1cnc(CN2C(=O)NC(Nc3cc4cn(C)nc4cc3Cl)N(Cc3cc(F)c(F)c(Cl)c3)C2=O)n1. The van der Waals surface area contributed by atoms with Gasteiger partial charge in [0.2, 0.25) is 0 Å². The van der Waals surface area contributed by atoms with Crippen molar-refractivity contribution in [3.63, 3.8) is 0 Å². The molecule has 1 saturated heterocycles. The molecule has 4 aromatic rings. The van der Waals surface area contributed by atoms with E-state index in [-0.39, 0.29) is 24.5 Å². The van der Waals surface area contributed by atoms with Crippen molar-refractivity contribution in [3.8, 4) is 0 Å². The molecule has 0 radical (unpaired) electrons. The van der Waals surface area contributed by atoms with Crippen LogP contribution in [-0.4, -0.2) is 52.7 Å². The van der Waals surface area contributed by atoms with Gasteiger partial charge in [0, 0.05) is 25.7 Å². The monoisotopic (exact) mass is 549 g/mol. The molecule has 1 unspecified atom stereocenters. The lowest BCUT2D eigenvalue weighted by Crippen LogP contribution is -2.66. The lowest BCUT2D eigenvalue weighted by atomic mass is 10.2. The third-order valence-electron chi connectivity index (χ3n) is 5.64. The van der Waals surface area contributed by atoms with Crippen LogP contribution in [0.15, 0.2) is 36.8 Å². The van der Waals surface area contributed by atoms with Gasteiger partial charge in [-0.3, -0.25) is 19.6 Å². The second kappa shape index (κ2) is 9.48. The van der Waals surface area contributed by atoms with Crippen LogP contribution in [0.3, 0.4) is 0 Å². The molecule has 1 atom stereocenters. The number of urea groups is 2. The van der Waals surface area contributed by atoms with E-state index in [1.54, 1.807) is 37.1 Å². The molecule has 15 heteroatoms. The lowest BCUT2D eigenvalue weighted by Gasteiger charge is -2.41. The highest BCUT2D eigenvalue weighted by Gasteiger charge is 2.39. The number of amides is 4. The summed E-state index contributed by atoms with van der Waals surface area (Å²) in [5.41, 5.74) is 1.27. The van der Waals surface area contributed by atoms with Crippen molar-refractivity contribution in [2.24, 2.45) is 14.1 Å². The molecule has 192 valence electrons. The Morgan fingerprint density at radius 1 is 1.03 bits per heavy atom. The molecule has 0 saturated carbocycles. The van der Waals surface area contributed by atoms with Gasteiger partial charge in [0.1, 0.15) is 6.33 Å². The van der Waals surface area contributed by atoms with Crippen LogP contribution in [0, 0.1) is 11.6 Å². The first-order valence-electron chi connectivity index (χ1n) is 10.8. The Balaban J connectivity index is 1.49. The summed E-state index contributed by atoms with van der Waals surface area (Å²) in [5, 5.41) is 14.8. The first-order chi connectivity index (χ1) is 17.6. The molecule has 4 amide bonds. The molecule has 2 aromatic carbocycles. The van der Waals surface area contributed by atoms with Crippen LogP contribution in [-0.2, 0) is 27.2 Å². The van der Waals surface area contributed by atoms with Crippen LogP contribution in [0.4, 0.5) is 24.1 Å². The molecule has 1 fully saturated rings. The number of hydrogen-bond donors (Lipinski definition) is 2. The summed E-state index contributed by atoms with van der Waals surface area (Å²) < 4.78 is 30.9. The van der Waals surface area contributed by atoms with E-state index in [0.29, 0.717) is 16.2 Å². The van der Waals surface area contributed by atoms with Crippen molar-refractivity contribution >= 4 is 51.9 Å². The fourth-order valence-electron chi connectivity index (χ4n) is 3.96. The van der Waals surface area contributed by atoms with Gasteiger partial charge in [-0.2, -0.15) is 10.2 Å². The fourth-order valence-corrected chi connectivity index (χ4v) is 4.40. The molecule has 37 heavy (non-hydrogen) atoms. The van der Waals surface area contributed by atoms with Crippen LogP contribution in [0.25, 0.3) is 10.9 Å². The van der Waals surface area contributed by atoms with E-state index in [9.17, 15) is 18.4 Å². The number of imide groups is 1. The summed E-state index contributed by atoms with van der Waals surface area (Å²) in [4.78, 5) is 32.7. The lowest BCUT2D eigenvalue weighted by molar-refractivity contribution is 0.103. The van der Waals surface area contributed by atoms with Crippen molar-refractivity contribution in [2.75, 3.05) is 5.32 Å². The van der Waals surface area contributed by atoms with Crippen molar-refractivity contribution in [2.45, 2.75) is 19.4 Å². The number of aryl methyl sites for hydroxylation is 2. The molecule has 5 rings (SSSR count). The average molecular weight is 550 g/mol. The molecule has 1 aliphatic rings. The number of carbonyl (C=O) groups is 2. The molecule has 2 aromatic heterocycles. The first kappa shape index (κ1) is 24.7. The fraction of sp³-hybridized carbons (Fsp3) is 0.227. The van der Waals surface area contributed by atoms with Gasteiger partial charge < -0.3 is 5.32 Å². The molecule has 2 N–H and O–H groups in total. The van der Waals surface area contributed by atoms with Crippen LogP contribution in [0.2, 0.25) is 10.0 Å². The molecule has 1 aliphatic heterocycles. The second-order valence-electron chi connectivity index (χ2n) is 8.39. The maximum absolute atomic E-state index is 14.1. The molecule has 0 spiro atoms. The number of hydrogen-bond acceptors (Lipinski definition) is 6. The normalized spacial score (nSPS) is 16.0. The quantitative estimate of drug-likeness (QED) is 0.353. The van der Waals surface area contributed by atoms with E-state index >= 15 is 0 Å². The van der Waals surface area contributed by atoms with Gasteiger partial charge in [-0.05, 0) is 29.8 Å². The number of carbonyl (C=O) groups excluding carboxylic acids is 2. The minimum atomic E-state index is -1.20. The van der Waals surface area contributed by atoms with Gasteiger partial charge in [-0.15, -0.1) is 0 Å². The van der Waals surface area contributed by atoms with Crippen LogP contribution in [0.5, 0.6) is 0 Å². The number of aromatic nitrogens is 5. The van der Waals surface area contributed by atoms with Crippen LogP contribution < -0.4 is 10.6 Å². The molecule has 3 heterocycles. The minimum absolute atomic E-state index is 0.199. The Morgan fingerprint density at radius 2 is 1.81 bits per heavy atom. The van der Waals surface area contributed by atoms with E-state index in [4.69, 9.17) is 23.2 Å². The Hall–Kier alpha value is -3.97. The number of nitrogens with one attached hydrogen (secondary N) is 2. The summed E-state index contributed by atoms with van der Waals surface area (Å²) in [6.45, 7) is -0.442. The minimum Gasteiger partial charge on any atom is -0.347 e. The molecule has 11 nitrogen and oxygen atoms in total. The van der Waals surface area contributed by atoms with Gasteiger partial charge in [-0.25, -0.2) is 28.3 Å². The van der Waals surface area contributed by atoms with E-state index < -0.39 is 35.0 Å². The summed E-state index contributed by atoms with van der Waals surface area (Å²) in [6, 6.07) is 4.06. The number of halogens is 4. The van der Waals surface area contributed by atoms with Crippen molar-refractivity contribution in [1.29, 1.82) is 0 Å². The zero-order chi connectivity index (χ0) is 26.4. The maximum atomic E-state index is 14.1. The summed E-state index contributed by atoms with van der Waals surface area (Å²) in [6.07, 6.45) is 2.11. The van der Waals surface area contributed by atoms with Crippen LogP contribution in [0.1, 0.15) is 11.4 Å². The van der Waals surface area contributed by atoms with Gasteiger partial charge in [0.05, 0.1) is 34.3 Å². The van der Waals surface area contributed by atoms with E-state index in [1.165, 1.54) is 22.0 Å². The largest absolute Gasteiger partial charge is 0.347 e.